The molecule has 29 heavy (non-hydrogen) atoms. The molecular weight excluding hydrogens is 374 g/mol. The van der Waals surface area contributed by atoms with E-state index >= 15 is 0 Å². The summed E-state index contributed by atoms with van der Waals surface area (Å²) in [6, 6.07) is 10.6. The number of hydrogen-bond donors (Lipinski definition) is 2. The minimum atomic E-state index is -0.554. The molecule has 0 atom stereocenters. The Morgan fingerprint density at radius 2 is 2.03 bits per heavy atom. The number of oxazole rings is 1. The van der Waals surface area contributed by atoms with Crippen molar-refractivity contribution in [1.82, 2.24) is 29.6 Å². The Labute approximate surface area is 165 Å². The van der Waals surface area contributed by atoms with Gasteiger partial charge >= 0.3 is 5.76 Å². The first kappa shape index (κ1) is 18.4. The van der Waals surface area contributed by atoms with Crippen molar-refractivity contribution in [2.45, 2.75) is 13.5 Å². The van der Waals surface area contributed by atoms with Crippen LogP contribution in [-0.4, -0.2) is 43.3 Å². The van der Waals surface area contributed by atoms with E-state index in [4.69, 9.17) is 4.42 Å². The maximum absolute atomic E-state index is 12.2. The molecule has 2 N–H and O–H groups in total. The van der Waals surface area contributed by atoms with E-state index in [-0.39, 0.29) is 12.5 Å². The Balaban J connectivity index is 1.30. The number of aryl methyl sites for hydroxylation is 1. The summed E-state index contributed by atoms with van der Waals surface area (Å²) in [5.41, 5.74) is 1.94. The lowest BCUT2D eigenvalue weighted by Gasteiger charge is -2.08. The number of amides is 1. The standard InChI is InChI=1S/C19H19N7O3/c1-13-6-9-26(24-13)17-10-16(22-12-23-17)20-7-8-21-18(27)11-25-14-4-2-3-5-15(14)29-19(25)28/h2-6,9-10,12H,7-8,11H2,1H3,(H,21,27)(H,20,22,23). The highest BCUT2D eigenvalue weighted by Gasteiger charge is 2.11. The number of nitrogens with zero attached hydrogens (tertiary/aromatic N) is 5. The second-order valence-corrected chi connectivity index (χ2v) is 6.36. The highest BCUT2D eigenvalue weighted by atomic mass is 16.4. The van der Waals surface area contributed by atoms with Crippen LogP contribution in [0.5, 0.6) is 0 Å². The molecule has 1 amide bonds. The largest absolute Gasteiger partial charge is 0.420 e. The van der Waals surface area contributed by atoms with Gasteiger partial charge in [0.15, 0.2) is 11.4 Å². The zero-order valence-electron chi connectivity index (χ0n) is 15.7. The van der Waals surface area contributed by atoms with Gasteiger partial charge in [-0.05, 0) is 25.1 Å². The first-order valence-corrected chi connectivity index (χ1v) is 9.04. The summed E-state index contributed by atoms with van der Waals surface area (Å²) >= 11 is 0. The molecule has 0 aliphatic rings. The number of fused-ring (bicyclic) bond motifs is 1. The number of rotatable bonds is 7. The van der Waals surface area contributed by atoms with E-state index in [0.717, 1.165) is 5.69 Å². The molecule has 4 rings (SSSR count). The van der Waals surface area contributed by atoms with Crippen LogP contribution in [0.2, 0.25) is 0 Å². The molecule has 1 aromatic carbocycles. The molecular formula is C19H19N7O3. The normalized spacial score (nSPS) is 10.9. The lowest BCUT2D eigenvalue weighted by molar-refractivity contribution is -0.121. The maximum atomic E-state index is 12.2. The van der Waals surface area contributed by atoms with Gasteiger partial charge in [-0.15, -0.1) is 0 Å². The van der Waals surface area contributed by atoms with Gasteiger partial charge in [0, 0.05) is 25.4 Å². The molecule has 0 radical (unpaired) electrons. The summed E-state index contributed by atoms with van der Waals surface area (Å²) in [6.07, 6.45) is 3.27. The molecule has 0 unspecified atom stereocenters. The fourth-order valence-electron chi connectivity index (χ4n) is 2.87. The molecule has 3 aromatic heterocycles. The van der Waals surface area contributed by atoms with Gasteiger partial charge in [-0.3, -0.25) is 9.36 Å². The first-order chi connectivity index (χ1) is 14.1. The third-order valence-corrected chi connectivity index (χ3v) is 4.24. The summed E-state index contributed by atoms with van der Waals surface area (Å²) in [5, 5.41) is 10.2. The van der Waals surface area contributed by atoms with E-state index in [1.807, 2.05) is 19.2 Å². The smallest absolute Gasteiger partial charge is 0.408 e. The van der Waals surface area contributed by atoms with Crippen LogP contribution in [0.1, 0.15) is 5.69 Å². The number of benzene rings is 1. The molecule has 0 saturated heterocycles. The van der Waals surface area contributed by atoms with Gasteiger partial charge in [0.05, 0.1) is 11.2 Å². The molecule has 0 aliphatic heterocycles. The van der Waals surface area contributed by atoms with Crippen LogP contribution in [0.25, 0.3) is 16.9 Å². The first-order valence-electron chi connectivity index (χ1n) is 9.04. The minimum Gasteiger partial charge on any atom is -0.408 e. The predicted molar refractivity (Wildman–Crippen MR) is 106 cm³/mol. The highest BCUT2D eigenvalue weighted by Crippen LogP contribution is 2.11. The van der Waals surface area contributed by atoms with Crippen LogP contribution in [0.15, 0.2) is 58.1 Å². The number of carbonyl (C=O) groups excluding carboxylic acids is 1. The van der Waals surface area contributed by atoms with Crippen molar-refractivity contribution >= 4 is 22.8 Å². The third-order valence-electron chi connectivity index (χ3n) is 4.24. The number of aromatic nitrogens is 5. The Morgan fingerprint density at radius 1 is 1.17 bits per heavy atom. The van der Waals surface area contributed by atoms with Crippen LogP contribution < -0.4 is 16.4 Å². The summed E-state index contributed by atoms with van der Waals surface area (Å²) < 4.78 is 8.10. The van der Waals surface area contributed by atoms with Crippen molar-refractivity contribution in [3.8, 4) is 5.82 Å². The van der Waals surface area contributed by atoms with Gasteiger partial charge in [0.25, 0.3) is 0 Å². The van der Waals surface area contributed by atoms with Crippen molar-refractivity contribution in [2.24, 2.45) is 0 Å². The molecule has 4 aromatic rings. The van der Waals surface area contributed by atoms with Crippen molar-refractivity contribution in [2.75, 3.05) is 18.4 Å². The zero-order valence-corrected chi connectivity index (χ0v) is 15.7. The van der Waals surface area contributed by atoms with Gasteiger partial charge in [-0.25, -0.2) is 19.4 Å². The number of carbonyl (C=O) groups is 1. The lowest BCUT2D eigenvalue weighted by atomic mass is 10.3. The van der Waals surface area contributed by atoms with Gasteiger partial charge in [-0.1, -0.05) is 12.1 Å². The topological polar surface area (TPSA) is 120 Å². The van der Waals surface area contributed by atoms with Crippen LogP contribution >= 0.6 is 0 Å². The van der Waals surface area contributed by atoms with Gasteiger partial charge in [0.1, 0.15) is 18.7 Å². The van der Waals surface area contributed by atoms with E-state index in [1.54, 1.807) is 35.0 Å². The van der Waals surface area contributed by atoms with Crippen LogP contribution in [0, 0.1) is 6.92 Å². The van der Waals surface area contributed by atoms with Crippen LogP contribution in [-0.2, 0) is 11.3 Å². The van der Waals surface area contributed by atoms with Crippen molar-refractivity contribution in [1.29, 1.82) is 0 Å². The predicted octanol–water partition coefficient (Wildman–Crippen LogP) is 1.11. The molecule has 148 valence electrons. The molecule has 0 spiro atoms. The molecule has 10 nitrogen and oxygen atoms in total. The average Bonchev–Trinajstić information content (AvgIpc) is 3.29. The van der Waals surface area contributed by atoms with E-state index in [9.17, 15) is 9.59 Å². The molecule has 0 aliphatic carbocycles. The van der Waals surface area contributed by atoms with E-state index in [2.05, 4.69) is 25.7 Å². The van der Waals surface area contributed by atoms with Gasteiger partial charge in [-0.2, -0.15) is 5.10 Å². The van der Waals surface area contributed by atoms with Crippen molar-refractivity contribution < 1.29 is 9.21 Å². The number of hydrogen-bond acceptors (Lipinski definition) is 7. The average molecular weight is 393 g/mol. The molecule has 0 bridgehead atoms. The lowest BCUT2D eigenvalue weighted by Crippen LogP contribution is -2.33. The Morgan fingerprint density at radius 3 is 2.86 bits per heavy atom. The second kappa shape index (κ2) is 7.97. The highest BCUT2D eigenvalue weighted by molar-refractivity contribution is 5.79. The Bertz CT molecular complexity index is 1210. The molecule has 10 heteroatoms. The summed E-state index contributed by atoms with van der Waals surface area (Å²) in [6.45, 7) is 2.62. The minimum absolute atomic E-state index is 0.105. The van der Waals surface area contributed by atoms with Crippen molar-refractivity contribution in [3.05, 3.63) is 65.2 Å². The summed E-state index contributed by atoms with van der Waals surface area (Å²) in [7, 11) is 0. The second-order valence-electron chi connectivity index (χ2n) is 6.36. The Hall–Kier alpha value is -3.95. The number of anilines is 1. The van der Waals surface area contributed by atoms with Gasteiger partial charge < -0.3 is 15.1 Å². The van der Waals surface area contributed by atoms with Gasteiger partial charge in [0.2, 0.25) is 5.91 Å². The van der Waals surface area contributed by atoms with E-state index < -0.39 is 5.76 Å². The SMILES string of the molecule is Cc1ccn(-c2cc(NCCNC(=O)Cn3c(=O)oc4ccccc43)ncn2)n1. The third kappa shape index (κ3) is 4.15. The Kier molecular flexibility index (Phi) is 5.06. The fourth-order valence-corrected chi connectivity index (χ4v) is 2.87. The van der Waals surface area contributed by atoms with Crippen molar-refractivity contribution in [3.63, 3.8) is 0 Å². The number of nitrogens with one attached hydrogen (secondary N) is 2. The monoisotopic (exact) mass is 393 g/mol. The zero-order chi connectivity index (χ0) is 20.2. The fraction of sp³-hybridized carbons (Fsp3) is 0.211. The van der Waals surface area contributed by atoms with E-state index in [0.29, 0.717) is 35.8 Å². The summed E-state index contributed by atoms with van der Waals surface area (Å²) in [4.78, 5) is 32.5. The number of para-hydroxylation sites is 2. The molecule has 0 fully saturated rings. The van der Waals surface area contributed by atoms with Crippen LogP contribution in [0.3, 0.4) is 0 Å². The maximum Gasteiger partial charge on any atom is 0.420 e. The quantitative estimate of drug-likeness (QED) is 0.451. The van der Waals surface area contributed by atoms with Crippen LogP contribution in [0.4, 0.5) is 5.82 Å². The van der Waals surface area contributed by atoms with E-state index in [1.165, 1.54) is 10.9 Å². The molecule has 0 saturated carbocycles. The summed E-state index contributed by atoms with van der Waals surface area (Å²) in [5.74, 6) is 0.429. The molecule has 3 heterocycles.